The summed E-state index contributed by atoms with van der Waals surface area (Å²) in [6, 6.07) is 12.7. The van der Waals surface area contributed by atoms with Gasteiger partial charge in [-0.1, -0.05) is 30.3 Å². The summed E-state index contributed by atoms with van der Waals surface area (Å²) >= 11 is 0. The molecule has 1 spiro atoms. The van der Waals surface area contributed by atoms with E-state index in [0.717, 1.165) is 5.56 Å². The van der Waals surface area contributed by atoms with Gasteiger partial charge in [-0.25, -0.2) is 22.5 Å². The Labute approximate surface area is 244 Å². The Kier molecular flexibility index (Phi) is 6.82. The monoisotopic (exact) mass is 592 g/mol. The van der Waals surface area contributed by atoms with Gasteiger partial charge in [-0.2, -0.15) is 9.61 Å². The molecule has 1 saturated heterocycles. The second-order valence-electron chi connectivity index (χ2n) is 12.0. The van der Waals surface area contributed by atoms with Crippen LogP contribution in [0.2, 0.25) is 0 Å². The number of sulfonamides is 1. The van der Waals surface area contributed by atoms with Crippen LogP contribution in [-0.4, -0.2) is 52.5 Å². The second-order valence-corrected chi connectivity index (χ2v) is 13.6. The molecule has 0 unspecified atom stereocenters. The number of fused-ring (bicyclic) bond motifs is 3. The van der Waals surface area contributed by atoms with Gasteiger partial charge in [0.25, 0.3) is 5.91 Å². The van der Waals surface area contributed by atoms with Crippen molar-refractivity contribution >= 4 is 33.1 Å². The van der Waals surface area contributed by atoms with Gasteiger partial charge in [0.2, 0.25) is 10.0 Å². The normalized spacial score (nSPS) is 16.6. The SMILES string of the molecule is Cc1ccc(F)c(Nc2c(C(=O)N3CCC4(CC3)OCc3ccccc34)cnc3c(S(=O)(=O)NC(C)(C)C)cnn23)c1. The quantitative estimate of drug-likeness (QED) is 0.346. The van der Waals surface area contributed by atoms with E-state index < -0.39 is 27.0 Å². The Balaban J connectivity index is 1.38. The molecule has 2 N–H and O–H groups in total. The van der Waals surface area contributed by atoms with Crippen molar-refractivity contribution in [1.29, 1.82) is 0 Å². The highest BCUT2D eigenvalue weighted by Crippen LogP contribution is 2.44. The number of carbonyl (C=O) groups excluding carboxylic acids is 1. The molecular formula is C30H33FN6O4S. The maximum Gasteiger partial charge on any atom is 0.259 e. The third-order valence-electron chi connectivity index (χ3n) is 7.70. The minimum absolute atomic E-state index is 0.00687. The Hall–Kier alpha value is -3.87. The molecule has 220 valence electrons. The fourth-order valence-corrected chi connectivity index (χ4v) is 7.22. The number of halogens is 1. The summed E-state index contributed by atoms with van der Waals surface area (Å²) in [5.74, 6) is -0.737. The Morgan fingerprint density at radius 2 is 1.83 bits per heavy atom. The van der Waals surface area contributed by atoms with Gasteiger partial charge in [0.15, 0.2) is 5.65 Å². The lowest BCUT2D eigenvalue weighted by Crippen LogP contribution is -2.45. The van der Waals surface area contributed by atoms with Crippen LogP contribution in [0.4, 0.5) is 15.9 Å². The van der Waals surface area contributed by atoms with E-state index in [1.807, 2.05) is 19.1 Å². The molecule has 4 heterocycles. The van der Waals surface area contributed by atoms with Gasteiger partial charge in [-0.3, -0.25) is 4.79 Å². The minimum Gasteiger partial charge on any atom is -0.365 e. The highest BCUT2D eigenvalue weighted by Gasteiger charge is 2.43. The summed E-state index contributed by atoms with van der Waals surface area (Å²) in [6.45, 7) is 8.44. The molecule has 6 rings (SSSR count). The summed E-state index contributed by atoms with van der Waals surface area (Å²) in [5, 5.41) is 7.31. The van der Waals surface area contributed by atoms with E-state index in [0.29, 0.717) is 32.5 Å². The van der Waals surface area contributed by atoms with Crippen LogP contribution in [0, 0.1) is 12.7 Å². The van der Waals surface area contributed by atoms with Gasteiger partial charge in [0.05, 0.1) is 24.1 Å². The number of piperidine rings is 1. The van der Waals surface area contributed by atoms with E-state index in [-0.39, 0.29) is 33.5 Å². The van der Waals surface area contributed by atoms with E-state index in [4.69, 9.17) is 4.74 Å². The van der Waals surface area contributed by atoms with Crippen molar-refractivity contribution < 1.29 is 22.3 Å². The molecule has 0 radical (unpaired) electrons. The largest absolute Gasteiger partial charge is 0.365 e. The van der Waals surface area contributed by atoms with Crippen LogP contribution in [0.5, 0.6) is 0 Å². The van der Waals surface area contributed by atoms with Crippen molar-refractivity contribution in [2.45, 2.75) is 63.2 Å². The summed E-state index contributed by atoms with van der Waals surface area (Å²) in [4.78, 5) is 19.9. The van der Waals surface area contributed by atoms with Crippen LogP contribution in [-0.2, 0) is 27.0 Å². The average molecular weight is 593 g/mol. The number of aromatic nitrogens is 3. The Morgan fingerprint density at radius 3 is 2.57 bits per heavy atom. The third-order valence-corrected chi connectivity index (χ3v) is 9.45. The van der Waals surface area contributed by atoms with E-state index >= 15 is 0 Å². The second kappa shape index (κ2) is 10.1. The predicted octanol–water partition coefficient (Wildman–Crippen LogP) is 4.66. The van der Waals surface area contributed by atoms with Crippen LogP contribution in [0.25, 0.3) is 5.65 Å². The molecule has 0 bridgehead atoms. The summed E-state index contributed by atoms with van der Waals surface area (Å²) in [6.07, 6.45) is 3.77. The van der Waals surface area contributed by atoms with Gasteiger partial charge >= 0.3 is 0 Å². The van der Waals surface area contributed by atoms with Crippen molar-refractivity contribution in [2.24, 2.45) is 0 Å². The Bertz CT molecular complexity index is 1810. The number of anilines is 2. The number of ether oxygens (including phenoxy) is 1. The van der Waals surface area contributed by atoms with Crippen LogP contribution < -0.4 is 10.0 Å². The molecule has 12 heteroatoms. The van der Waals surface area contributed by atoms with E-state index in [9.17, 15) is 17.6 Å². The topological polar surface area (TPSA) is 118 Å². The van der Waals surface area contributed by atoms with Crippen molar-refractivity contribution in [2.75, 3.05) is 18.4 Å². The molecular weight excluding hydrogens is 559 g/mol. The number of amides is 1. The molecule has 10 nitrogen and oxygen atoms in total. The van der Waals surface area contributed by atoms with E-state index in [2.05, 4.69) is 32.3 Å². The van der Waals surface area contributed by atoms with Crippen molar-refractivity contribution in [3.63, 3.8) is 0 Å². The zero-order valence-electron chi connectivity index (χ0n) is 23.9. The number of nitrogens with one attached hydrogen (secondary N) is 2. The van der Waals surface area contributed by atoms with Crippen LogP contribution in [0.15, 0.2) is 59.8 Å². The lowest BCUT2D eigenvalue weighted by Gasteiger charge is -2.39. The smallest absolute Gasteiger partial charge is 0.259 e. The van der Waals surface area contributed by atoms with Crippen LogP contribution in [0.3, 0.4) is 0 Å². The van der Waals surface area contributed by atoms with Gasteiger partial charge in [-0.15, -0.1) is 0 Å². The highest BCUT2D eigenvalue weighted by molar-refractivity contribution is 7.89. The predicted molar refractivity (Wildman–Crippen MR) is 156 cm³/mol. The fourth-order valence-electron chi connectivity index (χ4n) is 5.74. The number of aryl methyl sites for hydroxylation is 1. The fraction of sp³-hybridized carbons (Fsp3) is 0.367. The molecule has 0 saturated carbocycles. The van der Waals surface area contributed by atoms with Gasteiger partial charge in [0.1, 0.15) is 22.1 Å². The number of benzene rings is 2. The van der Waals surface area contributed by atoms with Gasteiger partial charge in [0, 0.05) is 24.8 Å². The molecule has 0 atom stereocenters. The van der Waals surface area contributed by atoms with Crippen molar-refractivity contribution in [1.82, 2.24) is 24.2 Å². The summed E-state index contributed by atoms with van der Waals surface area (Å²) < 4.78 is 51.4. The molecule has 1 fully saturated rings. The number of nitrogens with zero attached hydrogens (tertiary/aromatic N) is 4. The summed E-state index contributed by atoms with van der Waals surface area (Å²) in [7, 11) is -4.00. The van der Waals surface area contributed by atoms with Crippen molar-refractivity contribution in [3.05, 3.63) is 82.9 Å². The summed E-state index contributed by atoms with van der Waals surface area (Å²) in [5.41, 5.74) is 2.24. The first-order valence-corrected chi connectivity index (χ1v) is 15.3. The first-order valence-electron chi connectivity index (χ1n) is 13.8. The van der Waals surface area contributed by atoms with E-state index in [1.54, 1.807) is 37.8 Å². The van der Waals surface area contributed by atoms with Gasteiger partial charge < -0.3 is 15.0 Å². The zero-order chi connectivity index (χ0) is 29.9. The van der Waals surface area contributed by atoms with E-state index in [1.165, 1.54) is 34.1 Å². The first-order chi connectivity index (χ1) is 19.9. The molecule has 2 aliphatic heterocycles. The molecule has 4 aromatic rings. The number of likely N-dealkylation sites (tertiary alicyclic amines) is 1. The van der Waals surface area contributed by atoms with Crippen molar-refractivity contribution in [3.8, 4) is 0 Å². The Morgan fingerprint density at radius 1 is 1.10 bits per heavy atom. The highest BCUT2D eigenvalue weighted by atomic mass is 32.2. The average Bonchev–Trinajstić information content (AvgIpc) is 3.53. The maximum atomic E-state index is 14.9. The standard InChI is InChI=1S/C30H33FN6O4S/c1-19-9-10-23(31)24(15-19)34-26-21(16-32-27-25(17-33-37(26)27)42(39,40)35-29(2,3)4)28(38)36-13-11-30(12-14-36)22-8-6-5-7-20(22)18-41-30/h5-10,15-17,34-35H,11-14,18H2,1-4H3. The number of rotatable bonds is 5. The number of carbonyl (C=O) groups is 1. The number of hydrogen-bond acceptors (Lipinski definition) is 7. The maximum absolute atomic E-state index is 14.9. The van der Waals surface area contributed by atoms with Crippen LogP contribution in [0.1, 0.15) is 60.7 Å². The third kappa shape index (κ3) is 5.03. The molecule has 2 aromatic heterocycles. The zero-order valence-corrected chi connectivity index (χ0v) is 24.8. The molecule has 42 heavy (non-hydrogen) atoms. The number of hydrogen-bond donors (Lipinski definition) is 2. The van der Waals surface area contributed by atoms with Gasteiger partial charge in [-0.05, 0) is 69.4 Å². The molecule has 0 aliphatic carbocycles. The molecule has 2 aliphatic rings. The molecule has 2 aromatic carbocycles. The minimum atomic E-state index is -4.00. The van der Waals surface area contributed by atoms with Crippen LogP contribution >= 0.6 is 0 Å². The molecule has 1 amide bonds. The first kappa shape index (κ1) is 28.3. The lowest BCUT2D eigenvalue weighted by atomic mass is 9.83. The lowest BCUT2D eigenvalue weighted by molar-refractivity contribution is -0.0741.